The molecule has 29 heavy (non-hydrogen) atoms. The molecule has 3 rings (SSSR count). The first-order valence-corrected chi connectivity index (χ1v) is 10.1. The summed E-state index contributed by atoms with van der Waals surface area (Å²) in [7, 11) is -4.03. The molecule has 0 spiro atoms. The largest absolute Gasteiger partial charge is 0.456 e. The molecular weight excluding hydrogens is 402 g/mol. The van der Waals surface area contributed by atoms with Crippen molar-refractivity contribution in [3.8, 4) is 11.5 Å². The molecule has 2 aromatic rings. The van der Waals surface area contributed by atoms with E-state index in [0.29, 0.717) is 11.4 Å². The van der Waals surface area contributed by atoms with E-state index in [1.54, 1.807) is 24.3 Å². The third-order valence-electron chi connectivity index (χ3n) is 4.13. The Morgan fingerprint density at radius 1 is 1.17 bits per heavy atom. The van der Waals surface area contributed by atoms with E-state index >= 15 is 0 Å². The SMILES string of the molecule is CC(=O)Nc1ccc(Oc2ccc([N+](=O)[O-])cc2S(=O)(=O)N2CCOCC2)cc1. The van der Waals surface area contributed by atoms with Crippen LogP contribution in [0.3, 0.4) is 0 Å². The summed E-state index contributed by atoms with van der Waals surface area (Å²) in [5.74, 6) is 0.0497. The number of nitrogens with one attached hydrogen (secondary N) is 1. The zero-order valence-corrected chi connectivity index (χ0v) is 16.3. The Morgan fingerprint density at radius 3 is 2.41 bits per heavy atom. The second-order valence-electron chi connectivity index (χ2n) is 6.21. The molecule has 0 aliphatic carbocycles. The van der Waals surface area contributed by atoms with Crippen molar-refractivity contribution in [2.45, 2.75) is 11.8 Å². The van der Waals surface area contributed by atoms with E-state index in [1.165, 1.54) is 23.4 Å². The molecule has 0 saturated carbocycles. The minimum atomic E-state index is -4.03. The standard InChI is InChI=1S/C18H19N3O7S/c1-13(22)19-14-2-5-16(6-3-14)28-17-7-4-15(21(23)24)12-18(17)29(25,26)20-8-10-27-11-9-20/h2-7,12H,8-11H2,1H3,(H,19,22). The lowest BCUT2D eigenvalue weighted by Crippen LogP contribution is -2.40. The number of nitro groups is 1. The van der Waals surface area contributed by atoms with Crippen LogP contribution in [0.2, 0.25) is 0 Å². The monoisotopic (exact) mass is 421 g/mol. The molecule has 0 aromatic heterocycles. The summed E-state index contributed by atoms with van der Waals surface area (Å²) in [6, 6.07) is 9.73. The summed E-state index contributed by atoms with van der Waals surface area (Å²) < 4.78 is 38.2. The number of sulfonamides is 1. The first kappa shape index (κ1) is 20.7. The number of rotatable bonds is 6. The van der Waals surface area contributed by atoms with Gasteiger partial charge in [0, 0.05) is 37.8 Å². The van der Waals surface area contributed by atoms with Crippen LogP contribution >= 0.6 is 0 Å². The van der Waals surface area contributed by atoms with Crippen molar-refractivity contribution in [2.24, 2.45) is 0 Å². The van der Waals surface area contributed by atoms with Crippen molar-refractivity contribution in [1.29, 1.82) is 0 Å². The van der Waals surface area contributed by atoms with Gasteiger partial charge in [0.05, 0.1) is 18.1 Å². The molecule has 0 bridgehead atoms. The van der Waals surface area contributed by atoms with Gasteiger partial charge in [-0.15, -0.1) is 0 Å². The fourth-order valence-electron chi connectivity index (χ4n) is 2.76. The van der Waals surface area contributed by atoms with E-state index in [9.17, 15) is 23.3 Å². The van der Waals surface area contributed by atoms with Crippen LogP contribution in [0.5, 0.6) is 11.5 Å². The van der Waals surface area contributed by atoms with E-state index in [1.807, 2.05) is 0 Å². The zero-order chi connectivity index (χ0) is 21.0. The average Bonchev–Trinajstić information content (AvgIpc) is 2.70. The smallest absolute Gasteiger partial charge is 0.271 e. The number of hydrogen-bond acceptors (Lipinski definition) is 7. The Hall–Kier alpha value is -3.02. The van der Waals surface area contributed by atoms with Gasteiger partial charge in [-0.2, -0.15) is 4.31 Å². The lowest BCUT2D eigenvalue weighted by atomic mass is 10.3. The predicted octanol–water partition coefficient (Wildman–Crippen LogP) is 2.37. The number of morpholine rings is 1. The highest BCUT2D eigenvalue weighted by Crippen LogP contribution is 2.34. The Labute approximate surface area is 167 Å². The Balaban J connectivity index is 1.95. The first-order chi connectivity index (χ1) is 13.8. The lowest BCUT2D eigenvalue weighted by Gasteiger charge is -2.26. The number of nitrogens with zero attached hydrogens (tertiary/aromatic N) is 2. The molecule has 11 heteroatoms. The Bertz CT molecular complexity index is 1020. The molecule has 1 amide bonds. The van der Waals surface area contributed by atoms with Gasteiger partial charge in [0.1, 0.15) is 16.4 Å². The number of ether oxygens (including phenoxy) is 2. The fraction of sp³-hybridized carbons (Fsp3) is 0.278. The van der Waals surface area contributed by atoms with Gasteiger partial charge in [-0.3, -0.25) is 14.9 Å². The Morgan fingerprint density at radius 2 is 1.83 bits per heavy atom. The number of benzene rings is 2. The van der Waals surface area contributed by atoms with Crippen LogP contribution in [0.25, 0.3) is 0 Å². The second kappa shape index (κ2) is 8.55. The van der Waals surface area contributed by atoms with Crippen molar-refractivity contribution < 1.29 is 27.6 Å². The average molecular weight is 421 g/mol. The molecule has 154 valence electrons. The van der Waals surface area contributed by atoms with E-state index in [4.69, 9.17) is 9.47 Å². The van der Waals surface area contributed by atoms with E-state index in [0.717, 1.165) is 6.07 Å². The van der Waals surface area contributed by atoms with Crippen LogP contribution in [0.15, 0.2) is 47.4 Å². The number of amides is 1. The third-order valence-corrected chi connectivity index (χ3v) is 6.05. The summed E-state index contributed by atoms with van der Waals surface area (Å²) in [4.78, 5) is 21.3. The van der Waals surface area contributed by atoms with Gasteiger partial charge in [-0.05, 0) is 30.3 Å². The minimum Gasteiger partial charge on any atom is -0.456 e. The normalized spacial score (nSPS) is 14.9. The zero-order valence-electron chi connectivity index (χ0n) is 15.5. The Kier molecular flexibility index (Phi) is 6.11. The van der Waals surface area contributed by atoms with Crippen LogP contribution in [0.1, 0.15) is 6.92 Å². The fourth-order valence-corrected chi connectivity index (χ4v) is 4.30. The second-order valence-corrected chi connectivity index (χ2v) is 8.12. The third kappa shape index (κ3) is 4.88. The molecule has 1 saturated heterocycles. The maximum Gasteiger partial charge on any atom is 0.271 e. The molecule has 1 N–H and O–H groups in total. The molecule has 1 heterocycles. The molecule has 2 aromatic carbocycles. The van der Waals surface area contributed by atoms with Gasteiger partial charge < -0.3 is 14.8 Å². The molecule has 0 unspecified atom stereocenters. The molecule has 10 nitrogen and oxygen atoms in total. The number of carbonyl (C=O) groups excluding carboxylic acids is 1. The van der Waals surface area contributed by atoms with Crippen molar-refractivity contribution in [3.63, 3.8) is 0 Å². The van der Waals surface area contributed by atoms with Crippen LogP contribution < -0.4 is 10.1 Å². The maximum absolute atomic E-state index is 13.1. The minimum absolute atomic E-state index is 0.0330. The number of non-ortho nitro benzene ring substituents is 1. The molecular formula is C18H19N3O7S. The lowest BCUT2D eigenvalue weighted by molar-refractivity contribution is -0.385. The summed E-state index contributed by atoms with van der Waals surface area (Å²) in [5, 5.41) is 13.8. The van der Waals surface area contributed by atoms with Gasteiger partial charge in [0.25, 0.3) is 5.69 Å². The van der Waals surface area contributed by atoms with Gasteiger partial charge >= 0.3 is 0 Å². The molecule has 1 aliphatic heterocycles. The summed E-state index contributed by atoms with van der Waals surface area (Å²) in [6.07, 6.45) is 0. The number of anilines is 1. The highest BCUT2D eigenvalue weighted by Gasteiger charge is 2.31. The molecule has 1 fully saturated rings. The summed E-state index contributed by atoms with van der Waals surface area (Å²) in [5.41, 5.74) is 0.194. The maximum atomic E-state index is 13.1. The highest BCUT2D eigenvalue weighted by molar-refractivity contribution is 7.89. The van der Waals surface area contributed by atoms with Crippen LogP contribution in [-0.2, 0) is 19.6 Å². The van der Waals surface area contributed by atoms with E-state index in [-0.39, 0.29) is 48.5 Å². The van der Waals surface area contributed by atoms with E-state index in [2.05, 4.69) is 5.32 Å². The summed E-state index contributed by atoms with van der Waals surface area (Å²) in [6.45, 7) is 2.17. The van der Waals surface area contributed by atoms with Gasteiger partial charge in [-0.1, -0.05) is 0 Å². The van der Waals surface area contributed by atoms with Crippen LogP contribution in [0.4, 0.5) is 11.4 Å². The topological polar surface area (TPSA) is 128 Å². The van der Waals surface area contributed by atoms with Crippen molar-refractivity contribution in [3.05, 3.63) is 52.6 Å². The first-order valence-electron chi connectivity index (χ1n) is 8.69. The van der Waals surface area contributed by atoms with Gasteiger partial charge in [-0.25, -0.2) is 8.42 Å². The van der Waals surface area contributed by atoms with Gasteiger partial charge in [0.2, 0.25) is 15.9 Å². The molecule has 1 aliphatic rings. The highest BCUT2D eigenvalue weighted by atomic mass is 32.2. The summed E-state index contributed by atoms with van der Waals surface area (Å²) >= 11 is 0. The van der Waals surface area contributed by atoms with E-state index < -0.39 is 14.9 Å². The van der Waals surface area contributed by atoms with Gasteiger partial charge in [0.15, 0.2) is 0 Å². The number of carbonyl (C=O) groups is 1. The van der Waals surface area contributed by atoms with Crippen LogP contribution in [0, 0.1) is 10.1 Å². The quantitative estimate of drug-likeness (QED) is 0.560. The molecule has 0 atom stereocenters. The number of nitro benzene ring substituents is 1. The predicted molar refractivity (Wildman–Crippen MR) is 103 cm³/mol. The van der Waals surface area contributed by atoms with Crippen molar-refractivity contribution >= 4 is 27.3 Å². The van der Waals surface area contributed by atoms with Crippen LogP contribution in [-0.4, -0.2) is 49.9 Å². The molecule has 0 radical (unpaired) electrons. The number of hydrogen-bond donors (Lipinski definition) is 1. The van der Waals surface area contributed by atoms with Crippen molar-refractivity contribution in [2.75, 3.05) is 31.6 Å². The van der Waals surface area contributed by atoms with Crippen molar-refractivity contribution in [1.82, 2.24) is 4.31 Å².